The van der Waals surface area contributed by atoms with Crippen molar-refractivity contribution in [2.75, 3.05) is 0 Å². The predicted molar refractivity (Wildman–Crippen MR) is 261 cm³/mol. The fraction of sp³-hybridized carbons (Fsp3) is 0.0833. The number of allylic oxidation sites excluding steroid dienone is 4. The van der Waals surface area contributed by atoms with Crippen LogP contribution < -0.4 is 0 Å². The lowest BCUT2D eigenvalue weighted by Crippen LogP contribution is -2.30. The van der Waals surface area contributed by atoms with E-state index in [0.29, 0.717) is 5.56 Å². The summed E-state index contributed by atoms with van der Waals surface area (Å²) in [6.45, 7) is 4.55. The minimum absolute atomic E-state index is 0.522. The van der Waals surface area contributed by atoms with E-state index in [1.807, 2.05) is 6.07 Å². The van der Waals surface area contributed by atoms with Gasteiger partial charge in [0.25, 0.3) is 0 Å². The highest BCUT2D eigenvalue weighted by atomic mass is 14.7. The van der Waals surface area contributed by atoms with Crippen molar-refractivity contribution in [2.24, 2.45) is 0 Å². The van der Waals surface area contributed by atoms with Gasteiger partial charge in [-0.1, -0.05) is 163 Å². The van der Waals surface area contributed by atoms with Crippen LogP contribution in [0.3, 0.4) is 0 Å². The molecule has 8 aromatic carbocycles. The first-order chi connectivity index (χ1) is 31.0. The molecule has 0 bridgehead atoms. The highest BCUT2D eigenvalue weighted by molar-refractivity contribution is 6.25. The van der Waals surface area contributed by atoms with Crippen molar-refractivity contribution in [3.63, 3.8) is 0 Å². The van der Waals surface area contributed by atoms with Gasteiger partial charge >= 0.3 is 0 Å². The number of benzene rings is 8. The van der Waals surface area contributed by atoms with Crippen molar-refractivity contribution in [2.45, 2.75) is 32.1 Å². The maximum atomic E-state index is 10.1. The van der Waals surface area contributed by atoms with Gasteiger partial charge in [-0.25, -0.2) is 9.97 Å². The van der Waals surface area contributed by atoms with Crippen molar-refractivity contribution in [1.29, 1.82) is 5.26 Å². The van der Waals surface area contributed by atoms with Crippen LogP contribution >= 0.6 is 0 Å². The lowest BCUT2D eigenvalue weighted by Gasteiger charge is -2.37. The van der Waals surface area contributed by atoms with E-state index in [1.54, 1.807) is 0 Å². The van der Waals surface area contributed by atoms with Gasteiger partial charge < -0.3 is 0 Å². The van der Waals surface area contributed by atoms with Gasteiger partial charge in [-0.05, 0) is 118 Å². The molecule has 3 heteroatoms. The number of rotatable bonds is 5. The molecule has 0 fully saturated rings. The number of fused-ring (bicyclic) bond motifs is 9. The third-order valence-corrected chi connectivity index (χ3v) is 13.8. The number of hydrogen-bond donors (Lipinski definition) is 0. The smallest absolute Gasteiger partial charge is 0.0991 e. The molecule has 2 aliphatic rings. The molecule has 12 rings (SSSR count). The number of pyridine rings is 2. The fourth-order valence-electron chi connectivity index (χ4n) is 11.0. The van der Waals surface area contributed by atoms with Gasteiger partial charge in [0.15, 0.2) is 0 Å². The molecule has 10 aromatic rings. The first-order valence-corrected chi connectivity index (χ1v) is 21.9. The van der Waals surface area contributed by atoms with E-state index in [9.17, 15) is 5.26 Å². The molecule has 2 heterocycles. The standard InChI is InChI=1S/C60H41N3/c1-37-55-49-23-13-15-25-53(49)63-59(57(55)38(2)54-48-22-12-14-24-52(48)62-58(56(37)54)41-16-6-3-7-17-41)42-29-27-40(28-30-42)43-31-33-47-46-32-26-39(36-61)34-50(46)60(51(47)35-43,44-18-8-4-9-19-44)45-20-10-5-11-21-45/h3-10,12-20,22-35H,11,21H2,1-2H3. The molecule has 1 unspecified atom stereocenters. The summed E-state index contributed by atoms with van der Waals surface area (Å²) in [5.74, 6) is 0. The van der Waals surface area contributed by atoms with Crippen molar-refractivity contribution in [1.82, 2.24) is 9.97 Å². The third-order valence-electron chi connectivity index (χ3n) is 13.8. The zero-order valence-electron chi connectivity index (χ0n) is 35.2. The summed E-state index contributed by atoms with van der Waals surface area (Å²) in [5, 5.41) is 17.3. The van der Waals surface area contributed by atoms with Crippen molar-refractivity contribution in [3.8, 4) is 50.8 Å². The molecule has 0 aliphatic heterocycles. The highest BCUT2D eigenvalue weighted by Gasteiger charge is 2.47. The fourth-order valence-corrected chi connectivity index (χ4v) is 11.0. The van der Waals surface area contributed by atoms with E-state index in [-0.39, 0.29) is 0 Å². The maximum absolute atomic E-state index is 10.1. The van der Waals surface area contributed by atoms with Gasteiger partial charge in [0.1, 0.15) is 0 Å². The Morgan fingerprint density at radius 3 is 1.63 bits per heavy atom. The normalized spacial score (nSPS) is 15.4. The lowest BCUT2D eigenvalue weighted by atomic mass is 9.65. The molecule has 0 saturated carbocycles. The van der Waals surface area contributed by atoms with E-state index >= 15 is 0 Å². The van der Waals surface area contributed by atoms with E-state index < -0.39 is 5.41 Å². The van der Waals surface area contributed by atoms with Crippen LogP contribution in [0.4, 0.5) is 0 Å². The summed E-state index contributed by atoms with van der Waals surface area (Å²) in [6.07, 6.45) is 8.70. The Labute approximate surface area is 367 Å². The maximum Gasteiger partial charge on any atom is 0.0991 e. The molecule has 3 nitrogen and oxygen atoms in total. The van der Waals surface area contributed by atoms with Crippen molar-refractivity contribution < 1.29 is 0 Å². The molecule has 296 valence electrons. The summed E-state index contributed by atoms with van der Waals surface area (Å²) in [4.78, 5) is 10.8. The second-order valence-electron chi connectivity index (χ2n) is 17.1. The van der Waals surface area contributed by atoms with Crippen LogP contribution in [0.2, 0.25) is 0 Å². The molecule has 63 heavy (non-hydrogen) atoms. The highest BCUT2D eigenvalue weighted by Crippen LogP contribution is 2.58. The summed E-state index contributed by atoms with van der Waals surface area (Å²) in [5.41, 5.74) is 18.5. The predicted octanol–water partition coefficient (Wildman–Crippen LogP) is 15.2. The van der Waals surface area contributed by atoms with Gasteiger partial charge in [-0.15, -0.1) is 0 Å². The SMILES string of the molecule is Cc1c2c(-c3ccc(-c4ccc5c(c4)C(C4=CC=CCC4)(c4ccccc4)c4cc(C#N)ccc4-5)cc3)nc3ccccc3c2c(C)c2c(-c3ccccc3)nc3ccccc3c12. The monoisotopic (exact) mass is 803 g/mol. The zero-order chi connectivity index (χ0) is 42.2. The average molecular weight is 804 g/mol. The topological polar surface area (TPSA) is 49.6 Å². The molecule has 2 aromatic heterocycles. The summed E-state index contributed by atoms with van der Waals surface area (Å²) < 4.78 is 0. The Balaban J connectivity index is 1.07. The Morgan fingerprint density at radius 1 is 0.508 bits per heavy atom. The van der Waals surface area contributed by atoms with Crippen LogP contribution in [-0.4, -0.2) is 9.97 Å². The second kappa shape index (κ2) is 14.3. The summed E-state index contributed by atoms with van der Waals surface area (Å²) >= 11 is 0. The minimum atomic E-state index is -0.522. The van der Waals surface area contributed by atoms with Gasteiger partial charge in [0.2, 0.25) is 0 Å². The van der Waals surface area contributed by atoms with Crippen molar-refractivity contribution >= 4 is 43.4 Å². The summed E-state index contributed by atoms with van der Waals surface area (Å²) in [7, 11) is 0. The van der Waals surface area contributed by atoms with Crippen molar-refractivity contribution in [3.05, 3.63) is 227 Å². The van der Waals surface area contributed by atoms with E-state index in [0.717, 1.165) is 68.3 Å². The number of aryl methyl sites for hydroxylation is 2. The quantitative estimate of drug-likeness (QED) is 0.129. The first kappa shape index (κ1) is 36.9. The number of aromatic nitrogens is 2. The van der Waals surface area contributed by atoms with E-state index in [2.05, 4.69) is 202 Å². The third kappa shape index (κ3) is 5.45. The van der Waals surface area contributed by atoms with Crippen LogP contribution in [0.15, 0.2) is 194 Å². The Kier molecular flexibility index (Phi) is 8.39. The molecule has 0 saturated heterocycles. The molecule has 0 spiro atoms. The van der Waals surface area contributed by atoms with Crippen LogP contribution in [0.25, 0.3) is 88.1 Å². The second-order valence-corrected chi connectivity index (χ2v) is 17.1. The number of hydrogen-bond acceptors (Lipinski definition) is 3. The number of nitrogens with zero attached hydrogens (tertiary/aromatic N) is 3. The molecule has 0 amide bonds. The van der Waals surface area contributed by atoms with Gasteiger partial charge in [0, 0.05) is 32.7 Å². The first-order valence-electron chi connectivity index (χ1n) is 21.9. The molecular formula is C60H41N3. The number of para-hydroxylation sites is 2. The Morgan fingerprint density at radius 2 is 1.03 bits per heavy atom. The number of nitriles is 1. The van der Waals surface area contributed by atoms with Crippen LogP contribution in [0.1, 0.15) is 46.2 Å². The largest absolute Gasteiger partial charge is 0.247 e. The van der Waals surface area contributed by atoms with Crippen LogP contribution in [0.5, 0.6) is 0 Å². The van der Waals surface area contributed by atoms with Gasteiger partial charge in [-0.2, -0.15) is 5.26 Å². The Bertz CT molecular complexity index is 3630. The van der Waals surface area contributed by atoms with Crippen LogP contribution in [0, 0.1) is 25.2 Å². The molecule has 0 N–H and O–H groups in total. The zero-order valence-corrected chi connectivity index (χ0v) is 35.2. The van der Waals surface area contributed by atoms with Gasteiger partial charge in [0.05, 0.1) is 39.5 Å². The molecular weight excluding hydrogens is 763 g/mol. The molecule has 1 atom stereocenters. The molecule has 2 aliphatic carbocycles. The van der Waals surface area contributed by atoms with Gasteiger partial charge in [-0.3, -0.25) is 0 Å². The minimum Gasteiger partial charge on any atom is -0.247 e. The van der Waals surface area contributed by atoms with E-state index in [1.165, 1.54) is 66.1 Å². The summed E-state index contributed by atoms with van der Waals surface area (Å²) in [6, 6.07) is 63.3. The Hall–Kier alpha value is -7.93. The molecule has 0 radical (unpaired) electrons. The average Bonchev–Trinajstić information content (AvgIpc) is 3.65. The lowest BCUT2D eigenvalue weighted by molar-refractivity contribution is 0.693. The van der Waals surface area contributed by atoms with E-state index in [4.69, 9.17) is 9.97 Å². The van der Waals surface area contributed by atoms with Crippen LogP contribution in [-0.2, 0) is 5.41 Å².